The lowest BCUT2D eigenvalue weighted by atomic mass is 9.99. The monoisotopic (exact) mass is 588 g/mol. The number of ether oxygens (including phenoxy) is 3. The second-order valence-corrected chi connectivity index (χ2v) is 13.1. The highest BCUT2D eigenvalue weighted by molar-refractivity contribution is 7.99. The van der Waals surface area contributed by atoms with Gasteiger partial charge in [0, 0.05) is 11.5 Å². The molecule has 0 spiro atoms. The summed E-state index contributed by atoms with van der Waals surface area (Å²) in [5, 5.41) is 0. The predicted molar refractivity (Wildman–Crippen MR) is 142 cm³/mol. The summed E-state index contributed by atoms with van der Waals surface area (Å²) in [6.07, 6.45) is -1.48. The van der Waals surface area contributed by atoms with Crippen molar-refractivity contribution in [3.05, 3.63) is 66.2 Å². The van der Waals surface area contributed by atoms with Crippen molar-refractivity contribution in [1.82, 2.24) is 0 Å². The van der Waals surface area contributed by atoms with Crippen molar-refractivity contribution < 1.29 is 44.2 Å². The number of thioether (sulfide) groups is 1. The van der Waals surface area contributed by atoms with Crippen molar-refractivity contribution in [2.45, 2.75) is 54.5 Å². The molecule has 13 heteroatoms. The molecule has 1 heterocycles. The molecule has 2 aromatic rings. The van der Waals surface area contributed by atoms with Gasteiger partial charge >= 0.3 is 5.97 Å². The summed E-state index contributed by atoms with van der Waals surface area (Å²) in [5.41, 5.74) is -0.791. The molecule has 1 saturated heterocycles. The summed E-state index contributed by atoms with van der Waals surface area (Å²) in [5.74, 6) is -0.727. The Morgan fingerprint density at radius 3 is 2.11 bits per heavy atom. The van der Waals surface area contributed by atoms with Gasteiger partial charge in [0.15, 0.2) is 12.2 Å². The molecule has 0 aromatic heterocycles. The van der Waals surface area contributed by atoms with Gasteiger partial charge in [-0.25, -0.2) is 4.79 Å². The number of hydrogen-bond acceptors (Lipinski definition) is 11. The maximum atomic E-state index is 13.1. The van der Waals surface area contributed by atoms with E-state index in [-0.39, 0.29) is 12.2 Å². The number of benzene rings is 2. The van der Waals surface area contributed by atoms with E-state index < -0.39 is 62.7 Å². The number of esters is 1. The third kappa shape index (κ3) is 9.63. The van der Waals surface area contributed by atoms with Crippen LogP contribution in [0.2, 0.25) is 0 Å². The molecule has 5 atom stereocenters. The van der Waals surface area contributed by atoms with Crippen LogP contribution in [-0.4, -0.2) is 78.4 Å². The van der Waals surface area contributed by atoms with E-state index in [9.17, 15) is 21.6 Å². The lowest BCUT2D eigenvalue weighted by Gasteiger charge is -2.44. The molecular weight excluding hydrogens is 556 g/mol. The molecule has 210 valence electrons. The van der Waals surface area contributed by atoms with Crippen molar-refractivity contribution in [2.24, 2.45) is 0 Å². The average Bonchev–Trinajstić information content (AvgIpc) is 2.86. The molecule has 0 aliphatic carbocycles. The number of carbonyl (C=O) groups is 1. The minimum Gasteiger partial charge on any atom is -0.453 e. The van der Waals surface area contributed by atoms with Crippen LogP contribution in [0.25, 0.3) is 0 Å². The molecule has 0 amide bonds. The van der Waals surface area contributed by atoms with E-state index in [4.69, 9.17) is 22.6 Å². The third-order valence-corrected chi connectivity index (χ3v) is 7.67. The van der Waals surface area contributed by atoms with Gasteiger partial charge in [-0.2, -0.15) is 16.8 Å². The van der Waals surface area contributed by atoms with Crippen LogP contribution in [-0.2, 0) is 42.8 Å². The summed E-state index contributed by atoms with van der Waals surface area (Å²) in [6, 6.07) is 17.2. The molecule has 2 aromatic carbocycles. The van der Waals surface area contributed by atoms with Gasteiger partial charge in [0.25, 0.3) is 20.2 Å². The lowest BCUT2D eigenvalue weighted by Crippen LogP contribution is -2.61. The standard InChI is InChI=1S/C25H32O10S3/c1-4-5-16-31-21-20(17-32-37(2,27)28)33-25(36-19-14-10-7-11-15-19)23(35-38(3,29)30)22(21)34-24(26)18-12-8-6-9-13-18/h6-15,20-23,25H,4-5,16-17H2,1-3H3/t20?,21-,22?,23-,25+/m0/s1. The van der Waals surface area contributed by atoms with Crippen molar-refractivity contribution in [3.63, 3.8) is 0 Å². The summed E-state index contributed by atoms with van der Waals surface area (Å²) in [4.78, 5) is 13.9. The molecule has 0 saturated carbocycles. The third-order valence-electron chi connectivity index (χ3n) is 5.38. The first-order valence-corrected chi connectivity index (χ1v) is 16.5. The summed E-state index contributed by atoms with van der Waals surface area (Å²) < 4.78 is 76.8. The zero-order valence-corrected chi connectivity index (χ0v) is 23.7. The maximum Gasteiger partial charge on any atom is 0.338 e. The fraction of sp³-hybridized carbons (Fsp3) is 0.480. The van der Waals surface area contributed by atoms with Gasteiger partial charge < -0.3 is 14.2 Å². The van der Waals surface area contributed by atoms with Crippen LogP contribution in [0, 0.1) is 0 Å². The molecule has 2 unspecified atom stereocenters. The Hall–Kier alpha value is -2.00. The minimum absolute atomic E-state index is 0.224. The van der Waals surface area contributed by atoms with Gasteiger partial charge in [-0.05, 0) is 30.7 Å². The van der Waals surface area contributed by atoms with Crippen molar-refractivity contribution >= 4 is 38.0 Å². The van der Waals surface area contributed by atoms with E-state index in [0.717, 1.165) is 35.6 Å². The van der Waals surface area contributed by atoms with Gasteiger partial charge in [0.05, 0.1) is 24.7 Å². The second-order valence-electron chi connectivity index (χ2n) is 8.65. The highest BCUT2D eigenvalue weighted by atomic mass is 32.2. The highest BCUT2D eigenvalue weighted by Crippen LogP contribution is 2.38. The minimum atomic E-state index is -4.05. The van der Waals surface area contributed by atoms with Gasteiger partial charge in [-0.3, -0.25) is 8.37 Å². The summed E-state index contributed by atoms with van der Waals surface area (Å²) >= 11 is 1.14. The van der Waals surface area contributed by atoms with Crippen LogP contribution in [0.3, 0.4) is 0 Å². The van der Waals surface area contributed by atoms with Crippen molar-refractivity contribution in [2.75, 3.05) is 25.7 Å². The Morgan fingerprint density at radius 1 is 0.895 bits per heavy atom. The molecular formula is C25H32O10S3. The molecule has 38 heavy (non-hydrogen) atoms. The predicted octanol–water partition coefficient (Wildman–Crippen LogP) is 3.24. The SMILES string of the molecule is CCCCO[C@H]1C(COS(C)(=O)=O)O[C@H](Sc2ccccc2)[C@@H](OS(C)(=O)=O)C1OC(=O)c1ccccc1. The van der Waals surface area contributed by atoms with Crippen molar-refractivity contribution in [1.29, 1.82) is 0 Å². The van der Waals surface area contributed by atoms with Crippen LogP contribution in [0.1, 0.15) is 30.1 Å². The quantitative estimate of drug-likeness (QED) is 0.194. The van der Waals surface area contributed by atoms with Gasteiger partial charge in [-0.15, -0.1) is 0 Å². The maximum absolute atomic E-state index is 13.1. The molecule has 0 N–H and O–H groups in total. The van der Waals surface area contributed by atoms with E-state index in [1.165, 1.54) is 0 Å². The van der Waals surface area contributed by atoms with E-state index >= 15 is 0 Å². The number of hydrogen-bond donors (Lipinski definition) is 0. The fourth-order valence-corrected chi connectivity index (χ4v) is 5.89. The zero-order valence-electron chi connectivity index (χ0n) is 21.3. The largest absolute Gasteiger partial charge is 0.453 e. The Labute approximate surface area is 228 Å². The highest BCUT2D eigenvalue weighted by Gasteiger charge is 2.51. The van der Waals surface area contributed by atoms with E-state index in [1.54, 1.807) is 54.6 Å². The van der Waals surface area contributed by atoms with Gasteiger partial charge in [-0.1, -0.05) is 61.5 Å². The van der Waals surface area contributed by atoms with Crippen LogP contribution in [0.5, 0.6) is 0 Å². The summed E-state index contributed by atoms with van der Waals surface area (Å²) in [7, 11) is -7.90. The Balaban J connectivity index is 2.04. The van der Waals surface area contributed by atoms with E-state index in [0.29, 0.717) is 6.42 Å². The first-order valence-electron chi connectivity index (χ1n) is 11.9. The lowest BCUT2D eigenvalue weighted by molar-refractivity contribution is -0.212. The average molecular weight is 589 g/mol. The molecule has 0 radical (unpaired) electrons. The Morgan fingerprint density at radius 2 is 1.53 bits per heavy atom. The van der Waals surface area contributed by atoms with E-state index in [2.05, 4.69) is 0 Å². The van der Waals surface area contributed by atoms with Gasteiger partial charge in [0.1, 0.15) is 17.6 Å². The number of unbranched alkanes of at least 4 members (excludes halogenated alkanes) is 1. The first-order chi connectivity index (χ1) is 18.0. The zero-order chi connectivity index (χ0) is 27.8. The van der Waals surface area contributed by atoms with Crippen LogP contribution < -0.4 is 0 Å². The molecule has 0 bridgehead atoms. The van der Waals surface area contributed by atoms with Crippen LogP contribution in [0.4, 0.5) is 0 Å². The Bertz CT molecular complexity index is 1240. The number of rotatable bonds is 13. The second kappa shape index (κ2) is 13.9. The molecule has 1 aliphatic heterocycles. The van der Waals surface area contributed by atoms with Crippen LogP contribution >= 0.6 is 11.8 Å². The van der Waals surface area contributed by atoms with Gasteiger partial charge in [0.2, 0.25) is 0 Å². The molecule has 1 fully saturated rings. The van der Waals surface area contributed by atoms with E-state index in [1.807, 2.05) is 13.0 Å². The molecule has 10 nitrogen and oxygen atoms in total. The van der Waals surface area contributed by atoms with Crippen LogP contribution in [0.15, 0.2) is 65.6 Å². The summed E-state index contributed by atoms with van der Waals surface area (Å²) in [6.45, 7) is 1.74. The van der Waals surface area contributed by atoms with Crippen molar-refractivity contribution in [3.8, 4) is 0 Å². The topological polar surface area (TPSA) is 132 Å². The number of carbonyl (C=O) groups excluding carboxylic acids is 1. The smallest absolute Gasteiger partial charge is 0.338 e. The Kier molecular flexibility index (Phi) is 11.2. The first kappa shape index (κ1) is 30.5. The molecule has 1 aliphatic rings. The normalized spacial score (nSPS) is 24.1. The molecule has 3 rings (SSSR count). The fourth-order valence-electron chi connectivity index (χ4n) is 3.70.